The Morgan fingerprint density at radius 1 is 0.882 bits per heavy atom. The Hall–Kier alpha value is -5.25. The number of anilines is 1. The lowest BCUT2D eigenvalue weighted by atomic mass is 9.74. The van der Waals surface area contributed by atoms with Crippen LogP contribution in [0.15, 0.2) is 108 Å². The van der Waals surface area contributed by atoms with E-state index in [-0.39, 0.29) is 6.54 Å². The molecule has 3 atom stereocenters. The molecule has 1 aliphatic carbocycles. The summed E-state index contributed by atoms with van der Waals surface area (Å²) in [6, 6.07) is 29.1. The van der Waals surface area contributed by atoms with Crippen molar-refractivity contribution >= 4 is 29.1 Å². The number of carbonyl (C=O) groups is 3. The van der Waals surface area contributed by atoms with Crippen LogP contribution in [0.25, 0.3) is 11.1 Å². The molecule has 0 spiro atoms. The minimum Gasteiger partial charge on any atom is -0.369 e. The van der Waals surface area contributed by atoms with Crippen molar-refractivity contribution in [3.63, 3.8) is 0 Å². The molecule has 1 saturated carbocycles. The number of benzene rings is 4. The first kappa shape index (κ1) is 35.6. The fourth-order valence-corrected chi connectivity index (χ4v) is 7.03. The number of primary amides is 1. The monoisotopic (exact) mass is 694 g/mol. The van der Waals surface area contributed by atoms with E-state index in [9.17, 15) is 27.6 Å². The molecular formula is C41H41F3N4O3. The number of amides is 3. The van der Waals surface area contributed by atoms with Gasteiger partial charge in [0.25, 0.3) is 5.91 Å². The fourth-order valence-electron chi connectivity index (χ4n) is 7.03. The molecule has 0 radical (unpaired) electrons. The van der Waals surface area contributed by atoms with Crippen LogP contribution in [0.3, 0.4) is 0 Å². The Labute approximate surface area is 295 Å². The van der Waals surface area contributed by atoms with Gasteiger partial charge < -0.3 is 16.0 Å². The zero-order chi connectivity index (χ0) is 36.1. The number of hydrogen-bond acceptors (Lipinski definition) is 4. The molecule has 4 aromatic rings. The highest BCUT2D eigenvalue weighted by atomic mass is 19.4. The second kappa shape index (κ2) is 15.3. The van der Waals surface area contributed by atoms with Gasteiger partial charge in [-0.05, 0) is 59.7 Å². The zero-order valence-corrected chi connectivity index (χ0v) is 28.4. The standard InChI is InChI=1S/C41H41F3N4O3/c1-2-10-32(37(45)49)34(24-26-11-8-12-26)39(50)47-38-40(51)48(35-18-7-6-17-33(35)36(46-38)29-14-4-3-5-15-29)25-27-13-9-16-30(23-27)28-19-21-31(22-20-28)41(42,43)44/h3-7,9,13-23,26,32,34,38H,2,8,10-12,24-25H2,1H3,(H2,45,49)(H,47,50)/t32-,34+,38?/m0/s1. The van der Waals surface area contributed by atoms with E-state index < -0.39 is 47.5 Å². The van der Waals surface area contributed by atoms with Crippen molar-refractivity contribution < 1.29 is 27.6 Å². The third-order valence-electron chi connectivity index (χ3n) is 9.95. The van der Waals surface area contributed by atoms with Gasteiger partial charge in [-0.15, -0.1) is 0 Å². The van der Waals surface area contributed by atoms with Crippen LogP contribution in [0, 0.1) is 17.8 Å². The summed E-state index contributed by atoms with van der Waals surface area (Å²) in [6.45, 7) is 2.04. The second-order valence-electron chi connectivity index (χ2n) is 13.4. The number of nitrogens with one attached hydrogen (secondary N) is 1. The van der Waals surface area contributed by atoms with Gasteiger partial charge in [0.2, 0.25) is 18.0 Å². The second-order valence-corrected chi connectivity index (χ2v) is 13.4. The van der Waals surface area contributed by atoms with E-state index in [0.29, 0.717) is 53.3 Å². The van der Waals surface area contributed by atoms with Crippen LogP contribution < -0.4 is 16.0 Å². The molecule has 1 unspecified atom stereocenters. The number of fused-ring (bicyclic) bond motifs is 1. The lowest BCUT2D eigenvalue weighted by Crippen LogP contribution is -2.51. The Bertz CT molecular complexity index is 1910. The number of benzodiazepines with no additional fused rings is 1. The topological polar surface area (TPSA) is 105 Å². The van der Waals surface area contributed by atoms with Gasteiger partial charge in [-0.2, -0.15) is 13.2 Å². The van der Waals surface area contributed by atoms with Crippen molar-refractivity contribution in [3.8, 4) is 11.1 Å². The molecular weight excluding hydrogens is 653 g/mol. The van der Waals surface area contributed by atoms with Gasteiger partial charge in [-0.1, -0.05) is 111 Å². The Kier molecular flexibility index (Phi) is 10.7. The lowest BCUT2D eigenvalue weighted by Gasteiger charge is -2.33. The molecule has 1 aliphatic heterocycles. The molecule has 1 fully saturated rings. The number of aliphatic imine (C=N–C) groups is 1. The van der Waals surface area contributed by atoms with Gasteiger partial charge in [-0.25, -0.2) is 4.99 Å². The zero-order valence-electron chi connectivity index (χ0n) is 28.4. The summed E-state index contributed by atoms with van der Waals surface area (Å²) in [7, 11) is 0. The summed E-state index contributed by atoms with van der Waals surface area (Å²) in [4.78, 5) is 48.0. The number of carbonyl (C=O) groups excluding carboxylic acids is 3. The maximum absolute atomic E-state index is 14.7. The molecule has 2 aliphatic rings. The molecule has 7 nitrogen and oxygen atoms in total. The third-order valence-corrected chi connectivity index (χ3v) is 9.95. The van der Waals surface area contributed by atoms with E-state index in [2.05, 4.69) is 5.32 Å². The average Bonchev–Trinajstić information content (AvgIpc) is 3.21. The molecule has 3 N–H and O–H groups in total. The van der Waals surface area contributed by atoms with E-state index in [4.69, 9.17) is 10.7 Å². The van der Waals surface area contributed by atoms with Crippen LogP contribution in [0.4, 0.5) is 18.9 Å². The Morgan fingerprint density at radius 3 is 2.22 bits per heavy atom. The molecule has 51 heavy (non-hydrogen) atoms. The number of nitrogens with zero attached hydrogens (tertiary/aromatic N) is 2. The van der Waals surface area contributed by atoms with Crippen molar-refractivity contribution in [2.24, 2.45) is 28.5 Å². The predicted octanol–water partition coefficient (Wildman–Crippen LogP) is 7.91. The molecule has 0 saturated heterocycles. The van der Waals surface area contributed by atoms with Gasteiger partial charge in [-0.3, -0.25) is 14.4 Å². The maximum atomic E-state index is 14.7. The SMILES string of the molecule is CCC[C@H](C(N)=O)[C@@H](CC1CCC1)C(=O)NC1N=C(c2ccccc2)c2ccccc2N(Cc2cccc(-c3ccc(C(F)(F)F)cc3)c2)C1=O. The van der Waals surface area contributed by atoms with Crippen LogP contribution in [0.1, 0.15) is 67.7 Å². The highest BCUT2D eigenvalue weighted by Crippen LogP contribution is 2.37. The molecule has 3 amide bonds. The van der Waals surface area contributed by atoms with E-state index in [1.807, 2.05) is 73.7 Å². The molecule has 6 rings (SSSR count). The van der Waals surface area contributed by atoms with Gasteiger partial charge in [0, 0.05) is 23.0 Å². The highest BCUT2D eigenvalue weighted by molar-refractivity contribution is 6.20. The summed E-state index contributed by atoms with van der Waals surface area (Å²) in [5, 5.41) is 2.94. The average molecular weight is 695 g/mol. The fraction of sp³-hybridized carbons (Fsp3) is 0.317. The molecule has 264 valence electrons. The van der Waals surface area contributed by atoms with Crippen LogP contribution in [0.5, 0.6) is 0 Å². The minimum atomic E-state index is -4.44. The van der Waals surface area contributed by atoms with Crippen LogP contribution in [-0.2, 0) is 27.1 Å². The quantitative estimate of drug-likeness (QED) is 0.158. The number of alkyl halides is 3. The number of halogens is 3. The number of para-hydroxylation sites is 1. The summed E-state index contributed by atoms with van der Waals surface area (Å²) in [6.07, 6.45) is -1.06. The number of rotatable bonds is 12. The maximum Gasteiger partial charge on any atom is 0.416 e. The van der Waals surface area contributed by atoms with Crippen LogP contribution in [0.2, 0.25) is 0 Å². The van der Waals surface area contributed by atoms with Gasteiger partial charge >= 0.3 is 6.18 Å². The van der Waals surface area contributed by atoms with E-state index >= 15 is 0 Å². The predicted molar refractivity (Wildman–Crippen MR) is 192 cm³/mol. The van der Waals surface area contributed by atoms with Crippen LogP contribution in [-0.4, -0.2) is 29.6 Å². The highest BCUT2D eigenvalue weighted by Gasteiger charge is 2.39. The molecule has 1 heterocycles. The smallest absolute Gasteiger partial charge is 0.369 e. The van der Waals surface area contributed by atoms with Crippen molar-refractivity contribution in [2.45, 2.75) is 64.3 Å². The first-order chi connectivity index (χ1) is 24.5. The molecule has 0 aromatic heterocycles. The third kappa shape index (κ3) is 8.06. The first-order valence-corrected chi connectivity index (χ1v) is 17.4. The Balaban J connectivity index is 1.37. The summed E-state index contributed by atoms with van der Waals surface area (Å²) < 4.78 is 39.7. The Morgan fingerprint density at radius 2 is 1.57 bits per heavy atom. The molecule has 0 bridgehead atoms. The van der Waals surface area contributed by atoms with Gasteiger partial charge in [0.1, 0.15) is 0 Å². The van der Waals surface area contributed by atoms with Crippen molar-refractivity contribution in [1.82, 2.24) is 5.32 Å². The van der Waals surface area contributed by atoms with Crippen molar-refractivity contribution in [2.75, 3.05) is 4.90 Å². The summed E-state index contributed by atoms with van der Waals surface area (Å²) >= 11 is 0. The van der Waals surface area contributed by atoms with E-state index in [1.165, 1.54) is 12.1 Å². The number of hydrogen-bond donors (Lipinski definition) is 2. The molecule has 4 aromatic carbocycles. The van der Waals surface area contributed by atoms with Gasteiger partial charge in [0.15, 0.2) is 0 Å². The largest absolute Gasteiger partial charge is 0.416 e. The van der Waals surface area contributed by atoms with Gasteiger partial charge in [0.05, 0.1) is 23.5 Å². The summed E-state index contributed by atoms with van der Waals surface area (Å²) in [5.74, 6) is -2.48. The summed E-state index contributed by atoms with van der Waals surface area (Å²) in [5.41, 5.74) is 9.71. The first-order valence-electron chi connectivity index (χ1n) is 17.4. The van der Waals surface area contributed by atoms with Crippen LogP contribution >= 0.6 is 0 Å². The van der Waals surface area contributed by atoms with Crippen molar-refractivity contribution in [1.29, 1.82) is 0 Å². The van der Waals surface area contributed by atoms with E-state index in [1.54, 1.807) is 17.0 Å². The molecule has 10 heteroatoms. The van der Waals surface area contributed by atoms with E-state index in [0.717, 1.165) is 42.5 Å². The lowest BCUT2D eigenvalue weighted by molar-refractivity contribution is -0.137. The number of nitrogens with two attached hydrogens (primary N) is 1. The van der Waals surface area contributed by atoms with Crippen molar-refractivity contribution in [3.05, 3.63) is 125 Å². The normalized spacial score (nSPS) is 17.4. The minimum absolute atomic E-state index is 0.0968.